The third kappa shape index (κ3) is 10.2. The molecule has 2 aliphatic carbocycles. The number of carbonyl (C=O) groups is 4. The number of cyclic esters (lactones) is 1. The molecule has 15 nitrogen and oxygen atoms in total. The van der Waals surface area contributed by atoms with Gasteiger partial charge >= 0.3 is 12.1 Å². The molecular formula is C55H72F3N9O6S. The van der Waals surface area contributed by atoms with Crippen molar-refractivity contribution >= 4 is 57.7 Å². The number of hydrogen-bond donors (Lipinski definition) is 2. The summed E-state index contributed by atoms with van der Waals surface area (Å²) in [7, 11) is 3.63. The molecule has 11 rings (SSSR count). The Kier molecular flexibility index (Phi) is 13.9. The molecule has 2 saturated carbocycles. The number of esters is 1. The molecule has 4 saturated heterocycles. The fourth-order valence-corrected chi connectivity index (χ4v) is 14.5. The summed E-state index contributed by atoms with van der Waals surface area (Å²) < 4.78 is 57.5. The second-order valence-corrected chi connectivity index (χ2v) is 24.6. The van der Waals surface area contributed by atoms with Crippen LogP contribution in [0.3, 0.4) is 0 Å². The van der Waals surface area contributed by atoms with Crippen LogP contribution in [0.2, 0.25) is 0 Å². The number of amides is 3. The Morgan fingerprint density at radius 2 is 1.82 bits per heavy atom. The number of aromatic nitrogens is 2. The number of nitrogens with one attached hydrogen (secondary N) is 2. The van der Waals surface area contributed by atoms with Gasteiger partial charge in [-0.05, 0) is 121 Å². The number of ether oxygens (including phenoxy) is 2. The van der Waals surface area contributed by atoms with E-state index in [2.05, 4.69) is 32.5 Å². The largest absolute Gasteiger partial charge is 0.464 e. The normalized spacial score (nSPS) is 29.8. The fraction of sp³-hybridized carbons (Fsp3) is 0.673. The minimum atomic E-state index is -4.55. The number of hydrazine groups is 1. The van der Waals surface area contributed by atoms with E-state index in [4.69, 9.17) is 19.5 Å². The maximum atomic E-state index is 15.1. The van der Waals surface area contributed by atoms with Crippen LogP contribution < -0.4 is 10.7 Å². The Hall–Kier alpha value is -4.69. The van der Waals surface area contributed by atoms with Crippen LogP contribution in [-0.4, -0.2) is 155 Å². The van der Waals surface area contributed by atoms with Crippen LogP contribution in [0.5, 0.6) is 0 Å². The summed E-state index contributed by atoms with van der Waals surface area (Å²) in [6, 6.07) is 3.48. The van der Waals surface area contributed by atoms with E-state index in [-0.39, 0.29) is 54.5 Å². The number of nitrogens with zero attached hydrogens (tertiary/aromatic N) is 7. The van der Waals surface area contributed by atoms with Crippen LogP contribution in [-0.2, 0) is 48.0 Å². The van der Waals surface area contributed by atoms with E-state index in [0.29, 0.717) is 107 Å². The summed E-state index contributed by atoms with van der Waals surface area (Å²) in [5.41, 5.74) is 6.45. The molecule has 8 aliphatic rings. The summed E-state index contributed by atoms with van der Waals surface area (Å²) in [4.78, 5) is 74.4. The Balaban J connectivity index is 0.920. The van der Waals surface area contributed by atoms with Gasteiger partial charge < -0.3 is 24.3 Å². The zero-order chi connectivity index (χ0) is 51.8. The highest BCUT2D eigenvalue weighted by atomic mass is 32.1. The lowest BCUT2D eigenvalue weighted by atomic mass is 9.83. The average molecular weight is 1040 g/mol. The van der Waals surface area contributed by atoms with Crippen LogP contribution >= 0.6 is 11.3 Å². The van der Waals surface area contributed by atoms with Crippen LogP contribution in [0.1, 0.15) is 114 Å². The second-order valence-electron chi connectivity index (χ2n) is 23.7. The average Bonchev–Trinajstić information content (AvgIpc) is 3.84. The monoisotopic (exact) mass is 1040 g/mol. The molecule has 6 bridgehead atoms. The summed E-state index contributed by atoms with van der Waals surface area (Å²) in [5.74, 6) is -0.0873. The molecule has 6 aliphatic heterocycles. The molecule has 2 N–H and O–H groups in total. The van der Waals surface area contributed by atoms with Crippen molar-refractivity contribution in [2.24, 2.45) is 27.7 Å². The van der Waals surface area contributed by atoms with Gasteiger partial charge in [0.1, 0.15) is 24.7 Å². The summed E-state index contributed by atoms with van der Waals surface area (Å²) in [5, 5.41) is 7.86. The zero-order valence-electron chi connectivity index (χ0n) is 43.5. The number of alkyl halides is 3. The smallest absolute Gasteiger partial charge is 0.406 e. The molecule has 3 aromatic rings. The van der Waals surface area contributed by atoms with E-state index < -0.39 is 48.3 Å². The van der Waals surface area contributed by atoms with Gasteiger partial charge in [-0.25, -0.2) is 10.4 Å². The molecule has 1 spiro atoms. The lowest BCUT2D eigenvalue weighted by Gasteiger charge is -2.37. The molecule has 19 heteroatoms. The number of methoxy groups -OCH3 is 1. The van der Waals surface area contributed by atoms with Crippen molar-refractivity contribution in [3.63, 3.8) is 0 Å². The highest BCUT2D eigenvalue weighted by Gasteiger charge is 2.59. The Bertz CT molecular complexity index is 2740. The van der Waals surface area contributed by atoms with Gasteiger partial charge in [-0.1, -0.05) is 32.8 Å². The topological polar surface area (TPSA) is 154 Å². The van der Waals surface area contributed by atoms with E-state index in [1.54, 1.807) is 25.5 Å². The Labute approximate surface area is 435 Å². The lowest BCUT2D eigenvalue weighted by Crippen LogP contribution is -2.62. The summed E-state index contributed by atoms with van der Waals surface area (Å²) in [6.45, 7) is 7.68. The third-order valence-corrected chi connectivity index (χ3v) is 18.5. The number of allylic oxidation sites excluding steroid dienone is 1. The van der Waals surface area contributed by atoms with Crippen LogP contribution in [0, 0.1) is 22.7 Å². The number of carbonyl (C=O) groups excluding carboxylic acids is 4. The first-order valence-corrected chi connectivity index (χ1v) is 28.0. The van der Waals surface area contributed by atoms with E-state index in [9.17, 15) is 27.6 Å². The minimum Gasteiger partial charge on any atom is -0.464 e. The zero-order valence-corrected chi connectivity index (χ0v) is 44.3. The van der Waals surface area contributed by atoms with Gasteiger partial charge in [0.25, 0.3) is 5.91 Å². The predicted octanol–water partition coefficient (Wildman–Crippen LogP) is 7.16. The van der Waals surface area contributed by atoms with E-state index >= 15 is 4.79 Å². The third-order valence-electron chi connectivity index (χ3n) is 17.7. The quantitative estimate of drug-likeness (QED) is 0.158. The Morgan fingerprint density at radius 3 is 2.58 bits per heavy atom. The minimum absolute atomic E-state index is 0.00706. The van der Waals surface area contributed by atoms with E-state index in [0.717, 1.165) is 51.6 Å². The van der Waals surface area contributed by atoms with E-state index in [1.165, 1.54) is 33.8 Å². The highest BCUT2D eigenvalue weighted by Crippen LogP contribution is 2.49. The number of hydrogen-bond acceptors (Lipinski definition) is 12. The lowest BCUT2D eigenvalue weighted by molar-refractivity contribution is -0.155. The van der Waals surface area contributed by atoms with Crippen molar-refractivity contribution in [2.75, 3.05) is 53.5 Å². The molecule has 8 atom stereocenters. The van der Waals surface area contributed by atoms with E-state index in [1.807, 2.05) is 32.2 Å². The molecule has 2 aromatic heterocycles. The van der Waals surface area contributed by atoms with Gasteiger partial charge in [0, 0.05) is 90.2 Å². The first kappa shape index (κ1) is 51.4. The van der Waals surface area contributed by atoms with Gasteiger partial charge in [0.15, 0.2) is 0 Å². The van der Waals surface area contributed by atoms with Gasteiger partial charge in [-0.2, -0.15) is 13.2 Å². The number of likely N-dealkylation sites (N-methyl/N-ethyl adjacent to an activating group) is 1. The number of fused-ring (bicyclic) bond motifs is 6. The van der Waals surface area contributed by atoms with Crippen molar-refractivity contribution in [1.29, 1.82) is 0 Å². The van der Waals surface area contributed by atoms with Gasteiger partial charge in [-0.15, -0.1) is 11.3 Å². The van der Waals surface area contributed by atoms with Crippen molar-refractivity contribution in [3.05, 3.63) is 45.5 Å². The molecular weight excluding hydrogens is 972 g/mol. The first-order valence-electron chi connectivity index (χ1n) is 27.1. The Morgan fingerprint density at radius 1 is 1.04 bits per heavy atom. The van der Waals surface area contributed by atoms with Crippen molar-refractivity contribution in [3.8, 4) is 11.3 Å². The number of rotatable bonds is 10. The second kappa shape index (κ2) is 20.0. The van der Waals surface area contributed by atoms with Gasteiger partial charge in [0.2, 0.25) is 11.8 Å². The molecule has 6 fully saturated rings. The number of likely N-dealkylation sites (tertiary alicyclic amines) is 2. The van der Waals surface area contributed by atoms with Crippen LogP contribution in [0.25, 0.3) is 27.7 Å². The fourth-order valence-electron chi connectivity index (χ4n) is 13.6. The standard InChI is InChI=1S/C55H72F3N9O6S/c1-32(72-5)44-36(12-8-20-59-44)47-38-26-53(2,3)31-73-52(71)39-13-9-21-67(62-39)50(69)40(25-43-60-41(27-74-43)35-16-17-42(37(38)24-35)66(47)30-55(56,57)58)61-49(68)46(33-10-6-7-11-33)64-22-18-54(28-64)19-23-65(29-54)51(70)48-45(63(48)4)34-14-15-34/h16-17,20,24,27,32-34,39-40,45-46,48,62H,6-15,18-19,21-23,25-26,28-31H2,1-5H3,(H,61,68)/t32-,39-,40-,45+,46-,48+,54-,63?/m0/s1. The molecule has 3 amide bonds. The number of aliphatic imine (C=N–C) groups is 1. The number of thiazole rings is 1. The maximum Gasteiger partial charge on any atom is 0.406 e. The number of benzene rings is 1. The van der Waals surface area contributed by atoms with Crippen molar-refractivity contribution in [1.82, 2.24) is 40.0 Å². The first-order chi connectivity index (χ1) is 35.4. The predicted molar refractivity (Wildman–Crippen MR) is 276 cm³/mol. The van der Waals surface area contributed by atoms with Gasteiger partial charge in [-0.3, -0.25) is 39.0 Å². The summed E-state index contributed by atoms with van der Waals surface area (Å²) in [6.07, 6.45) is 7.18. The van der Waals surface area contributed by atoms with Crippen molar-refractivity contribution in [2.45, 2.75) is 160 Å². The van der Waals surface area contributed by atoms with Crippen LogP contribution in [0.15, 0.2) is 34.3 Å². The molecule has 1 unspecified atom stereocenters. The molecule has 8 heterocycles. The number of halogens is 3. The van der Waals surface area contributed by atoms with Crippen molar-refractivity contribution < 1.29 is 41.8 Å². The highest BCUT2D eigenvalue weighted by molar-refractivity contribution is 7.10. The SMILES string of the molecule is CO[C@@H](C)C1=C(c2c3c4cc(ccc4n2CC(F)(F)F)-c2csc(n2)C[C@H](NC(=O)[C@H](C2CCCC2)N2CC[C@]4(CCN(C(=O)[C@H]5[C@@H](C6CC6)N5C)C4)C2)C(=O)N2CCC[C@H](N2)C(=O)OCC(C)(C)C3)CCC=N1. The summed E-state index contributed by atoms with van der Waals surface area (Å²) >= 11 is 1.37. The maximum absolute atomic E-state index is 15.1. The molecule has 400 valence electrons. The molecule has 74 heavy (non-hydrogen) atoms. The van der Waals surface area contributed by atoms with Gasteiger partial charge in [0.05, 0.1) is 40.8 Å². The van der Waals surface area contributed by atoms with Crippen LogP contribution in [0.4, 0.5) is 13.2 Å². The molecule has 1 aromatic carbocycles. The molecule has 0 radical (unpaired) electrons.